The summed E-state index contributed by atoms with van der Waals surface area (Å²) in [5, 5.41) is 21.7. The zero-order valence-corrected chi connectivity index (χ0v) is 23.7. The lowest BCUT2D eigenvalue weighted by Crippen LogP contribution is -2.46. The molecule has 0 bridgehead atoms. The molecule has 0 aliphatic rings. The summed E-state index contributed by atoms with van der Waals surface area (Å²) in [6, 6.07) is 5.39. The van der Waals surface area contributed by atoms with E-state index in [1.807, 2.05) is 0 Å². The van der Waals surface area contributed by atoms with Crippen LogP contribution in [0.25, 0.3) is 0 Å². The van der Waals surface area contributed by atoms with Crippen molar-refractivity contribution in [3.8, 4) is 5.75 Å². The fraction of sp³-hybridized carbons (Fsp3) is 0.500. The van der Waals surface area contributed by atoms with Gasteiger partial charge in [0.25, 0.3) is 0 Å². The van der Waals surface area contributed by atoms with Gasteiger partial charge in [0, 0.05) is 23.8 Å². The Morgan fingerprint density at radius 3 is 2.08 bits per heavy atom. The maximum atomic E-state index is 12.9. The number of aliphatic carboxylic acids is 1. The van der Waals surface area contributed by atoms with E-state index in [0.29, 0.717) is 5.75 Å². The second-order valence-electron chi connectivity index (χ2n) is 9.87. The van der Waals surface area contributed by atoms with Crippen molar-refractivity contribution in [1.29, 1.82) is 0 Å². The number of aromatic hydroxyl groups is 1. The van der Waals surface area contributed by atoms with Crippen LogP contribution in [0, 0.1) is 5.92 Å². The molecule has 1 aromatic rings. The number of carbonyl (C=O) groups excluding carboxylic acids is 2. The van der Waals surface area contributed by atoms with Crippen molar-refractivity contribution in [2.45, 2.75) is 79.2 Å². The predicted molar refractivity (Wildman–Crippen MR) is 153 cm³/mol. The number of phenols is 1. The van der Waals surface area contributed by atoms with Gasteiger partial charge in [-0.15, -0.1) is 0 Å². The van der Waals surface area contributed by atoms with Gasteiger partial charge in [-0.05, 0) is 84.4 Å². The highest BCUT2D eigenvalue weighted by atomic mass is 32.2. The molecule has 1 unspecified atom stereocenters. The number of phenolic OH excluding ortho intramolecular Hbond substituents is 1. The number of carboxylic acid groups (broad SMARTS) is 1. The molecule has 204 valence electrons. The van der Waals surface area contributed by atoms with Gasteiger partial charge in [-0.2, -0.15) is 11.8 Å². The highest BCUT2D eigenvalue weighted by Crippen LogP contribution is 2.18. The molecule has 0 heterocycles. The Morgan fingerprint density at radius 1 is 0.919 bits per heavy atom. The maximum absolute atomic E-state index is 12.9. The normalized spacial score (nSPS) is 13.5. The Labute approximate surface area is 226 Å². The van der Waals surface area contributed by atoms with Gasteiger partial charge in [0.05, 0.1) is 0 Å². The van der Waals surface area contributed by atoms with Crippen LogP contribution in [-0.2, 0) is 20.8 Å². The molecule has 3 N–H and O–H groups in total. The van der Waals surface area contributed by atoms with Crippen molar-refractivity contribution in [3.05, 3.63) is 64.8 Å². The number of amides is 1. The van der Waals surface area contributed by atoms with Crippen molar-refractivity contribution in [3.63, 3.8) is 0 Å². The first-order valence-corrected chi connectivity index (χ1v) is 14.0. The molecule has 0 spiro atoms. The lowest BCUT2D eigenvalue weighted by Gasteiger charge is -2.20. The number of thioether (sulfide) groups is 1. The largest absolute Gasteiger partial charge is 0.508 e. The van der Waals surface area contributed by atoms with Crippen LogP contribution in [0.4, 0.5) is 0 Å². The molecule has 0 saturated heterocycles. The summed E-state index contributed by atoms with van der Waals surface area (Å²) in [7, 11) is 0. The van der Waals surface area contributed by atoms with Crippen LogP contribution in [0.5, 0.6) is 5.75 Å². The summed E-state index contributed by atoms with van der Waals surface area (Å²) in [6.07, 6.45) is 11.1. The molecule has 37 heavy (non-hydrogen) atoms. The monoisotopic (exact) mass is 529 g/mol. The molecule has 2 atom stereocenters. The van der Waals surface area contributed by atoms with Crippen LogP contribution < -0.4 is 5.32 Å². The van der Waals surface area contributed by atoms with Crippen LogP contribution in [0.15, 0.2) is 59.2 Å². The van der Waals surface area contributed by atoms with Gasteiger partial charge in [-0.3, -0.25) is 4.79 Å². The molecule has 1 rings (SSSR count). The molecule has 1 aromatic carbocycles. The van der Waals surface area contributed by atoms with Crippen molar-refractivity contribution in [2.24, 2.45) is 5.92 Å². The third-order valence-electron chi connectivity index (χ3n) is 5.89. The average Bonchev–Trinajstić information content (AvgIpc) is 2.81. The Hall–Kier alpha value is -2.80. The van der Waals surface area contributed by atoms with E-state index >= 15 is 0 Å². The molecule has 0 fully saturated rings. The second kappa shape index (κ2) is 17.6. The molecular formula is C30H43NO5S. The number of hydrogen-bond acceptors (Lipinski definition) is 5. The van der Waals surface area contributed by atoms with Gasteiger partial charge in [0.15, 0.2) is 0 Å². The highest BCUT2D eigenvalue weighted by Gasteiger charge is 2.26. The lowest BCUT2D eigenvalue weighted by molar-refractivity contribution is -0.141. The van der Waals surface area contributed by atoms with E-state index in [9.17, 15) is 24.6 Å². The minimum Gasteiger partial charge on any atom is -0.508 e. The number of rotatable bonds is 17. The second-order valence-corrected chi connectivity index (χ2v) is 10.9. The summed E-state index contributed by atoms with van der Waals surface area (Å²) < 4.78 is 0. The minimum atomic E-state index is -1.10. The zero-order valence-electron chi connectivity index (χ0n) is 22.9. The number of allylic oxidation sites excluding steroid dienone is 5. The number of benzene rings is 1. The number of nitrogens with one attached hydrogen (secondary N) is 1. The van der Waals surface area contributed by atoms with Gasteiger partial charge in [-0.25, -0.2) is 4.79 Å². The van der Waals surface area contributed by atoms with Crippen LogP contribution in [-0.4, -0.2) is 45.4 Å². The van der Waals surface area contributed by atoms with E-state index in [1.165, 1.54) is 47.5 Å². The van der Waals surface area contributed by atoms with Crippen molar-refractivity contribution >= 4 is 29.4 Å². The quantitative estimate of drug-likeness (QED) is 0.163. The number of hydrogen-bond donors (Lipinski definition) is 3. The standard InChI is InChI=1S/C30H43NO5S/c1-21(2)8-6-9-22(3)10-7-11-23(4)16-17-37-20-28(30(35)36)31-29(34)26(18-24(5)32)19-25-12-14-27(33)15-13-25/h8,10,12-16,26,28,33H,6-7,9,11,17-20H2,1-5H3,(H,31,34)(H,35,36)/b22-10+,23-16+/t26?,28-/m0/s1. The number of carboxylic acids is 1. The molecule has 0 saturated carbocycles. The number of Topliss-reactive ketones (excluding diaryl/α,β-unsaturated/α-hetero) is 1. The Bertz CT molecular complexity index is 974. The number of carbonyl (C=O) groups is 3. The summed E-state index contributed by atoms with van der Waals surface area (Å²) in [5.41, 5.74) is 4.79. The minimum absolute atomic E-state index is 0.0248. The Morgan fingerprint density at radius 2 is 1.51 bits per heavy atom. The topological polar surface area (TPSA) is 104 Å². The van der Waals surface area contributed by atoms with Crippen LogP contribution >= 0.6 is 11.8 Å². The van der Waals surface area contributed by atoms with Crippen LogP contribution in [0.3, 0.4) is 0 Å². The SMILES string of the molecule is CC(=O)CC(Cc1ccc(O)cc1)C(=O)N[C@@H](CSC/C=C(\C)CC/C=C(\C)CCC=C(C)C)C(=O)O. The summed E-state index contributed by atoms with van der Waals surface area (Å²) >= 11 is 1.46. The summed E-state index contributed by atoms with van der Waals surface area (Å²) in [5.74, 6) is -1.34. The smallest absolute Gasteiger partial charge is 0.327 e. The third-order valence-corrected chi connectivity index (χ3v) is 6.87. The fourth-order valence-electron chi connectivity index (χ4n) is 3.71. The van der Waals surface area contributed by atoms with E-state index < -0.39 is 23.8 Å². The molecule has 0 radical (unpaired) electrons. The first-order valence-electron chi connectivity index (χ1n) is 12.8. The van der Waals surface area contributed by atoms with E-state index in [-0.39, 0.29) is 30.1 Å². The van der Waals surface area contributed by atoms with E-state index in [1.54, 1.807) is 12.1 Å². The molecule has 0 aliphatic heterocycles. The molecule has 6 nitrogen and oxygen atoms in total. The molecule has 0 aromatic heterocycles. The van der Waals surface area contributed by atoms with E-state index in [2.05, 4.69) is 51.2 Å². The molecule has 1 amide bonds. The molecule has 7 heteroatoms. The van der Waals surface area contributed by atoms with Crippen LogP contribution in [0.2, 0.25) is 0 Å². The maximum Gasteiger partial charge on any atom is 0.327 e. The van der Waals surface area contributed by atoms with Gasteiger partial charge >= 0.3 is 5.97 Å². The van der Waals surface area contributed by atoms with Gasteiger partial charge in [0.2, 0.25) is 5.91 Å². The number of ketones is 1. The fourth-order valence-corrected chi connectivity index (χ4v) is 4.71. The first-order chi connectivity index (χ1) is 17.5. The predicted octanol–water partition coefficient (Wildman–Crippen LogP) is 6.25. The van der Waals surface area contributed by atoms with Crippen molar-refractivity contribution in [1.82, 2.24) is 5.32 Å². The first kappa shape index (κ1) is 32.2. The zero-order chi connectivity index (χ0) is 27.8. The Kier molecular flexibility index (Phi) is 15.3. The van der Waals surface area contributed by atoms with E-state index in [0.717, 1.165) is 31.2 Å². The van der Waals surface area contributed by atoms with Gasteiger partial charge < -0.3 is 20.3 Å². The lowest BCUT2D eigenvalue weighted by atomic mass is 9.93. The third kappa shape index (κ3) is 15.1. The van der Waals surface area contributed by atoms with Gasteiger partial charge in [-0.1, -0.05) is 47.1 Å². The van der Waals surface area contributed by atoms with E-state index in [4.69, 9.17) is 0 Å². The molecular weight excluding hydrogens is 486 g/mol. The van der Waals surface area contributed by atoms with Gasteiger partial charge in [0.1, 0.15) is 17.6 Å². The Balaban J connectivity index is 2.56. The van der Waals surface area contributed by atoms with Crippen LogP contribution in [0.1, 0.15) is 72.3 Å². The van der Waals surface area contributed by atoms with Crippen molar-refractivity contribution in [2.75, 3.05) is 11.5 Å². The summed E-state index contributed by atoms with van der Waals surface area (Å²) in [6.45, 7) is 9.89. The van der Waals surface area contributed by atoms with Crippen molar-refractivity contribution < 1.29 is 24.6 Å². The average molecular weight is 530 g/mol. The molecule has 0 aliphatic carbocycles. The summed E-state index contributed by atoms with van der Waals surface area (Å²) in [4.78, 5) is 36.4. The highest BCUT2D eigenvalue weighted by molar-refractivity contribution is 7.99.